The van der Waals surface area contributed by atoms with Crippen LogP contribution < -0.4 is 11.1 Å². The smallest absolute Gasteiger partial charge is 0.251 e. The van der Waals surface area contributed by atoms with Crippen molar-refractivity contribution in [2.45, 2.75) is 42.4 Å². The monoisotopic (exact) mass is 466 g/mol. The van der Waals surface area contributed by atoms with Crippen LogP contribution in [-0.2, 0) is 5.75 Å². The fourth-order valence-electron chi connectivity index (χ4n) is 3.85. The third kappa shape index (κ3) is 5.91. The van der Waals surface area contributed by atoms with E-state index in [9.17, 15) is 4.79 Å². The molecule has 3 N–H and O–H groups in total. The maximum Gasteiger partial charge on any atom is 0.251 e. The quantitative estimate of drug-likeness (QED) is 0.515. The fraction of sp³-hybridized carbons (Fsp3) is 0.364. The van der Waals surface area contributed by atoms with E-state index in [1.165, 1.54) is 12.8 Å². The Labute approximate surface area is 194 Å². The lowest BCUT2D eigenvalue weighted by molar-refractivity contribution is 0.0908. The Morgan fingerprint density at radius 3 is 2.63 bits per heavy atom. The zero-order valence-corrected chi connectivity index (χ0v) is 19.1. The van der Waals surface area contributed by atoms with Gasteiger partial charge in [0.2, 0.25) is 0 Å². The first kappa shape index (κ1) is 24.5. The molecule has 1 amide bonds. The molecule has 1 aromatic carbocycles. The summed E-state index contributed by atoms with van der Waals surface area (Å²) >= 11 is 1.72. The lowest BCUT2D eigenvalue weighted by Gasteiger charge is -2.31. The van der Waals surface area contributed by atoms with Crippen LogP contribution in [0.15, 0.2) is 59.8 Å². The molecule has 0 saturated heterocycles. The standard InChI is InChI=1S/C22H26N4OS.2ClH/c23-13-17-5-1-2-6-20(17)25-22(27)16-8-10-19(11-9-16)28-15-18-14-26-12-4-3-7-21(26)24-18;;/h3-4,7-12,14,17,20H,1-2,5-6,13,15,23H2,(H,25,27);2*1H. The van der Waals surface area contributed by atoms with Gasteiger partial charge in [-0.05, 0) is 61.7 Å². The summed E-state index contributed by atoms with van der Waals surface area (Å²) in [5, 5.41) is 3.19. The molecule has 30 heavy (non-hydrogen) atoms. The van der Waals surface area contributed by atoms with Crippen LogP contribution in [0, 0.1) is 5.92 Å². The summed E-state index contributed by atoms with van der Waals surface area (Å²) in [5.74, 6) is 1.20. The zero-order valence-electron chi connectivity index (χ0n) is 16.7. The molecule has 1 saturated carbocycles. The molecule has 8 heteroatoms. The highest BCUT2D eigenvalue weighted by molar-refractivity contribution is 7.98. The number of nitrogens with two attached hydrogens (primary N) is 1. The van der Waals surface area contributed by atoms with Crippen LogP contribution in [0.25, 0.3) is 5.65 Å². The van der Waals surface area contributed by atoms with Gasteiger partial charge in [-0.1, -0.05) is 18.9 Å². The molecule has 2 aromatic heterocycles. The number of carbonyl (C=O) groups is 1. The first-order valence-corrected chi connectivity index (χ1v) is 10.9. The minimum Gasteiger partial charge on any atom is -0.349 e. The van der Waals surface area contributed by atoms with E-state index < -0.39 is 0 Å². The maximum absolute atomic E-state index is 12.6. The van der Waals surface area contributed by atoms with Crippen molar-refractivity contribution >= 4 is 48.1 Å². The van der Waals surface area contributed by atoms with E-state index >= 15 is 0 Å². The summed E-state index contributed by atoms with van der Waals surface area (Å²) in [6.45, 7) is 0.642. The summed E-state index contributed by atoms with van der Waals surface area (Å²) in [6.07, 6.45) is 8.58. The summed E-state index contributed by atoms with van der Waals surface area (Å²) < 4.78 is 2.03. The van der Waals surface area contributed by atoms with Crippen molar-refractivity contribution in [2.75, 3.05) is 6.54 Å². The van der Waals surface area contributed by atoms with Crippen molar-refractivity contribution in [3.05, 3.63) is 66.1 Å². The number of fused-ring (bicyclic) bond motifs is 1. The zero-order chi connectivity index (χ0) is 19.3. The Balaban J connectivity index is 0.00000160. The number of rotatable bonds is 6. The number of halogens is 2. The first-order valence-electron chi connectivity index (χ1n) is 9.89. The van der Waals surface area contributed by atoms with Gasteiger partial charge in [-0.25, -0.2) is 4.98 Å². The van der Waals surface area contributed by atoms with Gasteiger partial charge in [-0.3, -0.25) is 4.79 Å². The van der Waals surface area contributed by atoms with E-state index in [1.807, 2.05) is 53.1 Å². The van der Waals surface area contributed by atoms with E-state index in [0.717, 1.165) is 34.8 Å². The molecule has 4 rings (SSSR count). The van der Waals surface area contributed by atoms with E-state index in [0.29, 0.717) is 18.0 Å². The van der Waals surface area contributed by atoms with Crippen molar-refractivity contribution in [1.82, 2.24) is 14.7 Å². The van der Waals surface area contributed by atoms with Crippen LogP contribution in [0.3, 0.4) is 0 Å². The maximum atomic E-state index is 12.6. The van der Waals surface area contributed by atoms with Crippen molar-refractivity contribution < 1.29 is 4.79 Å². The van der Waals surface area contributed by atoms with Crippen LogP contribution in [0.2, 0.25) is 0 Å². The Morgan fingerprint density at radius 2 is 1.90 bits per heavy atom. The van der Waals surface area contributed by atoms with Crippen LogP contribution in [0.4, 0.5) is 0 Å². The van der Waals surface area contributed by atoms with E-state index in [1.54, 1.807) is 11.8 Å². The Morgan fingerprint density at radius 1 is 1.13 bits per heavy atom. The van der Waals surface area contributed by atoms with Gasteiger partial charge in [-0.2, -0.15) is 0 Å². The highest BCUT2D eigenvalue weighted by Gasteiger charge is 2.25. The van der Waals surface area contributed by atoms with Gasteiger partial charge < -0.3 is 15.5 Å². The van der Waals surface area contributed by atoms with Crippen molar-refractivity contribution in [2.24, 2.45) is 11.7 Å². The molecule has 162 valence electrons. The minimum atomic E-state index is 0. The van der Waals surface area contributed by atoms with E-state index in [-0.39, 0.29) is 36.8 Å². The summed E-state index contributed by atoms with van der Waals surface area (Å²) in [6, 6.07) is 14.0. The Bertz CT molecular complexity index is 915. The van der Waals surface area contributed by atoms with Gasteiger partial charge in [0.15, 0.2) is 0 Å². The molecule has 2 unspecified atom stereocenters. The highest BCUT2D eigenvalue weighted by Crippen LogP contribution is 2.25. The number of imidazole rings is 1. The summed E-state index contributed by atoms with van der Waals surface area (Å²) in [4.78, 5) is 18.3. The molecule has 3 aromatic rings. The molecule has 5 nitrogen and oxygen atoms in total. The van der Waals surface area contributed by atoms with Gasteiger partial charge in [0, 0.05) is 34.6 Å². The molecule has 1 aliphatic rings. The van der Waals surface area contributed by atoms with Gasteiger partial charge in [0.05, 0.1) is 5.69 Å². The van der Waals surface area contributed by atoms with Crippen molar-refractivity contribution in [3.63, 3.8) is 0 Å². The number of hydrogen-bond acceptors (Lipinski definition) is 4. The predicted molar refractivity (Wildman–Crippen MR) is 128 cm³/mol. The number of amides is 1. The number of nitrogens with zero attached hydrogens (tertiary/aromatic N) is 2. The first-order chi connectivity index (χ1) is 13.7. The molecular weight excluding hydrogens is 439 g/mol. The summed E-state index contributed by atoms with van der Waals surface area (Å²) in [7, 11) is 0. The molecule has 1 fully saturated rings. The highest BCUT2D eigenvalue weighted by atomic mass is 35.5. The van der Waals surface area contributed by atoms with Gasteiger partial charge >= 0.3 is 0 Å². The van der Waals surface area contributed by atoms with Crippen molar-refractivity contribution in [1.29, 1.82) is 0 Å². The van der Waals surface area contributed by atoms with Crippen LogP contribution in [0.5, 0.6) is 0 Å². The lowest BCUT2D eigenvalue weighted by Crippen LogP contribution is -2.44. The molecule has 2 atom stereocenters. The van der Waals surface area contributed by atoms with Crippen LogP contribution in [0.1, 0.15) is 41.7 Å². The van der Waals surface area contributed by atoms with Gasteiger partial charge in [0.25, 0.3) is 5.91 Å². The molecule has 1 aliphatic carbocycles. The Hall–Kier alpha value is -1.73. The molecule has 0 aliphatic heterocycles. The summed E-state index contributed by atoms with van der Waals surface area (Å²) in [5.41, 5.74) is 8.59. The molecule has 0 bridgehead atoms. The number of hydrogen-bond donors (Lipinski definition) is 2. The second kappa shape index (κ2) is 11.6. The van der Waals surface area contributed by atoms with Crippen LogP contribution >= 0.6 is 36.6 Å². The number of nitrogens with one attached hydrogen (secondary N) is 1. The normalized spacial score (nSPS) is 18.3. The third-order valence-corrected chi connectivity index (χ3v) is 6.49. The SMILES string of the molecule is Cl.Cl.NCC1CCCCC1NC(=O)c1ccc(SCc2cn3ccccc3n2)cc1. The number of pyridine rings is 1. The molecule has 0 radical (unpaired) electrons. The number of carbonyl (C=O) groups excluding carboxylic acids is 1. The average molecular weight is 467 g/mol. The average Bonchev–Trinajstić information content (AvgIpc) is 3.16. The largest absolute Gasteiger partial charge is 0.349 e. The molecule has 2 heterocycles. The molecule has 0 spiro atoms. The van der Waals surface area contributed by atoms with Crippen LogP contribution in [-0.4, -0.2) is 27.9 Å². The topological polar surface area (TPSA) is 72.4 Å². The predicted octanol–water partition coefficient (Wildman–Crippen LogP) is 4.72. The van der Waals surface area contributed by atoms with E-state index in [4.69, 9.17) is 5.73 Å². The number of thioether (sulfide) groups is 1. The lowest BCUT2D eigenvalue weighted by atomic mass is 9.84. The van der Waals surface area contributed by atoms with Gasteiger partial charge in [0.1, 0.15) is 5.65 Å². The van der Waals surface area contributed by atoms with Crippen molar-refractivity contribution in [3.8, 4) is 0 Å². The molecular formula is C22H28Cl2N4OS. The third-order valence-electron chi connectivity index (χ3n) is 5.45. The number of benzene rings is 1. The Kier molecular flexibility index (Phi) is 9.49. The van der Waals surface area contributed by atoms with E-state index in [2.05, 4.69) is 16.5 Å². The second-order valence-corrected chi connectivity index (χ2v) is 8.42. The minimum absolute atomic E-state index is 0. The number of aromatic nitrogens is 2. The second-order valence-electron chi connectivity index (χ2n) is 7.37. The fourth-order valence-corrected chi connectivity index (χ4v) is 4.63. The van der Waals surface area contributed by atoms with Gasteiger partial charge in [-0.15, -0.1) is 36.6 Å².